The minimum atomic E-state index is 0.903. The van der Waals surface area contributed by atoms with E-state index in [0.717, 1.165) is 17.8 Å². The average molecular weight is 224 g/mol. The van der Waals surface area contributed by atoms with Gasteiger partial charge in [-0.3, -0.25) is 0 Å². The fourth-order valence-electron chi connectivity index (χ4n) is 3.55. The molecule has 0 amide bonds. The molecule has 3 unspecified atom stereocenters. The Kier molecular flexibility index (Phi) is 4.66. The van der Waals surface area contributed by atoms with Gasteiger partial charge >= 0.3 is 0 Å². The van der Waals surface area contributed by atoms with Crippen LogP contribution in [0.2, 0.25) is 0 Å². The SMILES string of the molecule is CC1CC(C)CN(CC2CCCCNC2)C1. The van der Waals surface area contributed by atoms with E-state index in [9.17, 15) is 0 Å². The number of hydrogen-bond acceptors (Lipinski definition) is 2. The summed E-state index contributed by atoms with van der Waals surface area (Å²) in [5.74, 6) is 2.71. The van der Waals surface area contributed by atoms with Gasteiger partial charge in [0.25, 0.3) is 0 Å². The molecule has 2 aliphatic rings. The van der Waals surface area contributed by atoms with Gasteiger partial charge in [-0.2, -0.15) is 0 Å². The van der Waals surface area contributed by atoms with E-state index in [0.29, 0.717) is 0 Å². The second-order valence-electron chi connectivity index (χ2n) is 6.23. The van der Waals surface area contributed by atoms with Gasteiger partial charge in [0.15, 0.2) is 0 Å². The van der Waals surface area contributed by atoms with Gasteiger partial charge < -0.3 is 10.2 Å². The third-order valence-electron chi connectivity index (χ3n) is 4.11. The molecular formula is C14H28N2. The second-order valence-corrected chi connectivity index (χ2v) is 6.23. The minimum Gasteiger partial charge on any atom is -0.316 e. The van der Waals surface area contributed by atoms with E-state index in [4.69, 9.17) is 0 Å². The third kappa shape index (κ3) is 3.74. The normalized spacial score (nSPS) is 38.2. The molecule has 0 spiro atoms. The lowest BCUT2D eigenvalue weighted by atomic mass is 9.90. The number of likely N-dealkylation sites (tertiary alicyclic amines) is 1. The fourth-order valence-corrected chi connectivity index (χ4v) is 3.55. The van der Waals surface area contributed by atoms with Gasteiger partial charge in [-0.15, -0.1) is 0 Å². The Hall–Kier alpha value is -0.0800. The zero-order chi connectivity index (χ0) is 11.4. The van der Waals surface area contributed by atoms with Gasteiger partial charge in [-0.05, 0) is 50.1 Å². The molecule has 0 radical (unpaired) electrons. The summed E-state index contributed by atoms with van der Waals surface area (Å²) in [6, 6.07) is 0. The Balaban J connectivity index is 1.78. The maximum Gasteiger partial charge on any atom is 0.00220 e. The highest BCUT2D eigenvalue weighted by Gasteiger charge is 2.24. The lowest BCUT2D eigenvalue weighted by Crippen LogP contribution is -2.42. The molecule has 2 heteroatoms. The van der Waals surface area contributed by atoms with Crippen molar-refractivity contribution in [3.8, 4) is 0 Å². The molecule has 2 heterocycles. The highest BCUT2D eigenvalue weighted by molar-refractivity contribution is 4.78. The van der Waals surface area contributed by atoms with Gasteiger partial charge in [-0.1, -0.05) is 20.3 Å². The van der Waals surface area contributed by atoms with Crippen LogP contribution in [0.15, 0.2) is 0 Å². The van der Waals surface area contributed by atoms with E-state index in [1.807, 2.05) is 0 Å². The predicted octanol–water partition coefficient (Wildman–Crippen LogP) is 2.35. The topological polar surface area (TPSA) is 15.3 Å². The maximum atomic E-state index is 3.58. The molecule has 0 aromatic carbocycles. The first-order valence-corrected chi connectivity index (χ1v) is 7.17. The van der Waals surface area contributed by atoms with Crippen LogP contribution < -0.4 is 5.32 Å². The molecule has 2 aliphatic heterocycles. The first-order chi connectivity index (χ1) is 7.74. The van der Waals surface area contributed by atoms with Gasteiger partial charge in [0.2, 0.25) is 0 Å². The molecule has 94 valence electrons. The number of hydrogen-bond donors (Lipinski definition) is 1. The molecule has 2 saturated heterocycles. The van der Waals surface area contributed by atoms with E-state index >= 15 is 0 Å². The van der Waals surface area contributed by atoms with Crippen LogP contribution >= 0.6 is 0 Å². The van der Waals surface area contributed by atoms with Crippen molar-refractivity contribution in [3.05, 3.63) is 0 Å². The molecule has 3 atom stereocenters. The van der Waals surface area contributed by atoms with E-state index < -0.39 is 0 Å². The standard InChI is InChI=1S/C14H28N2/c1-12-7-13(2)10-16(9-12)11-14-5-3-4-6-15-8-14/h12-15H,3-11H2,1-2H3. The molecule has 0 aliphatic carbocycles. The summed E-state index contributed by atoms with van der Waals surface area (Å²) in [5.41, 5.74) is 0. The van der Waals surface area contributed by atoms with Crippen LogP contribution in [0.1, 0.15) is 39.5 Å². The van der Waals surface area contributed by atoms with Gasteiger partial charge in [0.1, 0.15) is 0 Å². The lowest BCUT2D eigenvalue weighted by Gasteiger charge is -2.36. The molecule has 1 N–H and O–H groups in total. The van der Waals surface area contributed by atoms with Crippen LogP contribution in [-0.2, 0) is 0 Å². The van der Waals surface area contributed by atoms with Crippen LogP contribution in [-0.4, -0.2) is 37.6 Å². The van der Waals surface area contributed by atoms with E-state index in [1.165, 1.54) is 58.4 Å². The molecule has 0 saturated carbocycles. The number of rotatable bonds is 2. The Bertz CT molecular complexity index is 187. The predicted molar refractivity (Wildman–Crippen MR) is 69.6 cm³/mol. The second kappa shape index (κ2) is 6.02. The third-order valence-corrected chi connectivity index (χ3v) is 4.11. The zero-order valence-corrected chi connectivity index (χ0v) is 11.0. The van der Waals surface area contributed by atoms with Crippen molar-refractivity contribution in [1.82, 2.24) is 10.2 Å². The Labute approximate surface area is 101 Å². The quantitative estimate of drug-likeness (QED) is 0.774. The van der Waals surface area contributed by atoms with Crippen LogP contribution in [0.25, 0.3) is 0 Å². The van der Waals surface area contributed by atoms with Crippen molar-refractivity contribution in [2.45, 2.75) is 39.5 Å². The van der Waals surface area contributed by atoms with Gasteiger partial charge in [0.05, 0.1) is 0 Å². The highest BCUT2D eigenvalue weighted by atomic mass is 15.1. The summed E-state index contributed by atoms with van der Waals surface area (Å²) in [6.07, 6.45) is 5.67. The number of piperidine rings is 1. The molecule has 0 aromatic heterocycles. The molecule has 2 fully saturated rings. The number of nitrogens with zero attached hydrogens (tertiary/aromatic N) is 1. The first kappa shape index (κ1) is 12.4. The first-order valence-electron chi connectivity index (χ1n) is 7.17. The maximum absolute atomic E-state index is 3.58. The van der Waals surface area contributed by atoms with E-state index in [-0.39, 0.29) is 0 Å². The smallest absolute Gasteiger partial charge is 0.00220 e. The molecular weight excluding hydrogens is 196 g/mol. The van der Waals surface area contributed by atoms with Crippen molar-refractivity contribution in [2.24, 2.45) is 17.8 Å². The lowest BCUT2D eigenvalue weighted by molar-refractivity contribution is 0.120. The van der Waals surface area contributed by atoms with Crippen molar-refractivity contribution < 1.29 is 0 Å². The van der Waals surface area contributed by atoms with Crippen molar-refractivity contribution in [3.63, 3.8) is 0 Å². The average Bonchev–Trinajstić information content (AvgIpc) is 2.44. The summed E-state index contributed by atoms with van der Waals surface area (Å²) in [7, 11) is 0. The molecule has 0 bridgehead atoms. The molecule has 0 aromatic rings. The van der Waals surface area contributed by atoms with Crippen LogP contribution in [0.3, 0.4) is 0 Å². The summed E-state index contributed by atoms with van der Waals surface area (Å²) in [6.45, 7) is 11.3. The van der Waals surface area contributed by atoms with Crippen molar-refractivity contribution in [1.29, 1.82) is 0 Å². The monoisotopic (exact) mass is 224 g/mol. The zero-order valence-electron chi connectivity index (χ0n) is 11.0. The Morgan fingerprint density at radius 1 is 1.12 bits per heavy atom. The minimum absolute atomic E-state index is 0.903. The Morgan fingerprint density at radius 3 is 2.62 bits per heavy atom. The largest absolute Gasteiger partial charge is 0.316 e. The van der Waals surface area contributed by atoms with Crippen LogP contribution in [0.5, 0.6) is 0 Å². The highest BCUT2D eigenvalue weighted by Crippen LogP contribution is 2.23. The van der Waals surface area contributed by atoms with Crippen LogP contribution in [0.4, 0.5) is 0 Å². The number of nitrogens with one attached hydrogen (secondary N) is 1. The molecule has 2 rings (SSSR count). The van der Waals surface area contributed by atoms with Crippen molar-refractivity contribution >= 4 is 0 Å². The van der Waals surface area contributed by atoms with E-state index in [2.05, 4.69) is 24.1 Å². The summed E-state index contributed by atoms with van der Waals surface area (Å²) < 4.78 is 0. The summed E-state index contributed by atoms with van der Waals surface area (Å²) in [4.78, 5) is 2.72. The molecule has 2 nitrogen and oxygen atoms in total. The fraction of sp³-hybridized carbons (Fsp3) is 1.00. The van der Waals surface area contributed by atoms with Gasteiger partial charge in [-0.25, -0.2) is 0 Å². The summed E-state index contributed by atoms with van der Waals surface area (Å²) >= 11 is 0. The van der Waals surface area contributed by atoms with E-state index in [1.54, 1.807) is 0 Å². The Morgan fingerprint density at radius 2 is 1.88 bits per heavy atom. The summed E-state index contributed by atoms with van der Waals surface area (Å²) in [5, 5.41) is 3.58. The van der Waals surface area contributed by atoms with Crippen molar-refractivity contribution in [2.75, 3.05) is 32.7 Å². The van der Waals surface area contributed by atoms with Gasteiger partial charge in [0, 0.05) is 19.6 Å². The molecule has 16 heavy (non-hydrogen) atoms. The van der Waals surface area contributed by atoms with Crippen LogP contribution in [0, 0.1) is 17.8 Å².